The van der Waals surface area contributed by atoms with Crippen LogP contribution in [0.15, 0.2) is 96.2 Å². The summed E-state index contributed by atoms with van der Waals surface area (Å²) in [6.07, 6.45) is 3.17. The molecule has 248 valence electrons. The molecule has 0 radical (unpaired) electrons. The van der Waals surface area contributed by atoms with Gasteiger partial charge < -0.3 is 19.1 Å². The molecular weight excluding hydrogens is 620 g/mol. The minimum Gasteiger partial charge on any atom is -0.496 e. The molecule has 1 unspecified atom stereocenters. The van der Waals surface area contributed by atoms with E-state index >= 15 is 0 Å². The lowest BCUT2D eigenvalue weighted by Crippen LogP contribution is -2.54. The van der Waals surface area contributed by atoms with E-state index in [9.17, 15) is 18.0 Å². The number of hydrogen-bond acceptors (Lipinski definition) is 9. The van der Waals surface area contributed by atoms with Crippen molar-refractivity contribution in [1.29, 1.82) is 0 Å². The Labute approximate surface area is 275 Å². The number of piperazine rings is 1. The van der Waals surface area contributed by atoms with Gasteiger partial charge in [0.15, 0.2) is 0 Å². The first kappa shape index (κ1) is 33.8. The van der Waals surface area contributed by atoms with Gasteiger partial charge in [-0.25, -0.2) is 13.2 Å². The summed E-state index contributed by atoms with van der Waals surface area (Å²) in [4.78, 5) is 32.7. The van der Waals surface area contributed by atoms with E-state index in [1.54, 1.807) is 42.6 Å². The van der Waals surface area contributed by atoms with Gasteiger partial charge in [-0.1, -0.05) is 60.7 Å². The standard InChI is InChI=1S/C35H40N4O7S/c1-27(40)45-22-21-39(47(42,43)34-14-8-12-30-24-36-16-15-32(30)34)31(23-29-11-6-7-13-33(29)44-2)25-37-17-19-38(20-18-37)35(41)46-26-28-9-4-3-5-10-28/h3-16,24,31H,17-23,25-26H2,1-2H3. The number of rotatable bonds is 13. The highest BCUT2D eigenvalue weighted by molar-refractivity contribution is 7.89. The van der Waals surface area contributed by atoms with Gasteiger partial charge in [-0.3, -0.25) is 14.7 Å². The van der Waals surface area contributed by atoms with Crippen LogP contribution in [0.4, 0.5) is 4.79 Å². The van der Waals surface area contributed by atoms with Gasteiger partial charge in [-0.05, 0) is 35.7 Å². The van der Waals surface area contributed by atoms with Crippen LogP contribution in [0.2, 0.25) is 0 Å². The molecule has 1 aromatic heterocycles. The highest BCUT2D eigenvalue weighted by Gasteiger charge is 2.35. The Morgan fingerprint density at radius 1 is 0.915 bits per heavy atom. The van der Waals surface area contributed by atoms with E-state index < -0.39 is 22.0 Å². The van der Waals surface area contributed by atoms with E-state index in [1.165, 1.54) is 11.2 Å². The molecule has 47 heavy (non-hydrogen) atoms. The van der Waals surface area contributed by atoms with E-state index in [2.05, 4.69) is 9.88 Å². The van der Waals surface area contributed by atoms with Crippen molar-refractivity contribution in [2.45, 2.75) is 30.9 Å². The van der Waals surface area contributed by atoms with E-state index in [-0.39, 0.29) is 30.7 Å². The van der Waals surface area contributed by atoms with Gasteiger partial charge in [0.1, 0.15) is 19.0 Å². The van der Waals surface area contributed by atoms with Crippen molar-refractivity contribution in [3.63, 3.8) is 0 Å². The number of sulfonamides is 1. The van der Waals surface area contributed by atoms with Gasteiger partial charge in [0.25, 0.3) is 0 Å². The third-order valence-corrected chi connectivity index (χ3v) is 10.2. The highest BCUT2D eigenvalue weighted by Crippen LogP contribution is 2.29. The van der Waals surface area contributed by atoms with Crippen LogP contribution >= 0.6 is 0 Å². The maximum atomic E-state index is 14.6. The lowest BCUT2D eigenvalue weighted by molar-refractivity contribution is -0.141. The number of esters is 1. The second-order valence-electron chi connectivity index (χ2n) is 11.3. The average molecular weight is 661 g/mol. The lowest BCUT2D eigenvalue weighted by atomic mass is 10.0. The highest BCUT2D eigenvalue weighted by atomic mass is 32.2. The van der Waals surface area contributed by atoms with Crippen LogP contribution in [0.5, 0.6) is 5.75 Å². The van der Waals surface area contributed by atoms with Crippen LogP contribution in [-0.4, -0.2) is 98.6 Å². The molecule has 0 N–H and O–H groups in total. The second kappa shape index (κ2) is 15.9. The van der Waals surface area contributed by atoms with Crippen molar-refractivity contribution >= 4 is 32.9 Å². The normalized spacial score (nSPS) is 14.6. The van der Waals surface area contributed by atoms with Crippen LogP contribution in [-0.2, 0) is 37.3 Å². The molecule has 1 amide bonds. The number of carbonyl (C=O) groups is 2. The fourth-order valence-electron chi connectivity index (χ4n) is 5.83. The van der Waals surface area contributed by atoms with Gasteiger partial charge >= 0.3 is 12.1 Å². The molecule has 5 rings (SSSR count). The zero-order valence-corrected chi connectivity index (χ0v) is 27.5. The zero-order valence-electron chi connectivity index (χ0n) is 26.7. The predicted molar refractivity (Wildman–Crippen MR) is 177 cm³/mol. The van der Waals surface area contributed by atoms with Gasteiger partial charge in [0.05, 0.1) is 12.0 Å². The minimum absolute atomic E-state index is 0.0466. The summed E-state index contributed by atoms with van der Waals surface area (Å²) in [6, 6.07) is 23.3. The summed E-state index contributed by atoms with van der Waals surface area (Å²) in [7, 11) is -2.52. The van der Waals surface area contributed by atoms with Crippen molar-refractivity contribution in [2.24, 2.45) is 0 Å². The Kier molecular flexibility index (Phi) is 11.4. The van der Waals surface area contributed by atoms with Gasteiger partial charge in [-0.2, -0.15) is 4.31 Å². The monoisotopic (exact) mass is 660 g/mol. The molecule has 11 nitrogen and oxygen atoms in total. The molecule has 0 spiro atoms. The van der Waals surface area contributed by atoms with E-state index in [4.69, 9.17) is 14.2 Å². The Hall–Kier alpha value is -4.52. The van der Waals surface area contributed by atoms with Crippen molar-refractivity contribution in [3.05, 3.63) is 102 Å². The molecule has 3 aromatic carbocycles. The third-order valence-electron chi connectivity index (χ3n) is 8.20. The smallest absolute Gasteiger partial charge is 0.410 e. The van der Waals surface area contributed by atoms with Crippen LogP contribution in [0.3, 0.4) is 0 Å². The largest absolute Gasteiger partial charge is 0.496 e. The Morgan fingerprint density at radius 3 is 2.40 bits per heavy atom. The van der Waals surface area contributed by atoms with Crippen molar-refractivity contribution in [1.82, 2.24) is 19.1 Å². The number of pyridine rings is 1. The Bertz CT molecular complexity index is 1760. The number of ether oxygens (including phenoxy) is 3. The summed E-state index contributed by atoms with van der Waals surface area (Å²) >= 11 is 0. The molecule has 4 aromatic rings. The summed E-state index contributed by atoms with van der Waals surface area (Å²) < 4.78 is 47.1. The van der Waals surface area contributed by atoms with Gasteiger partial charge in [0.2, 0.25) is 10.0 Å². The van der Waals surface area contributed by atoms with Crippen LogP contribution in [0, 0.1) is 0 Å². The van der Waals surface area contributed by atoms with E-state index in [0.717, 1.165) is 11.1 Å². The van der Waals surface area contributed by atoms with E-state index in [1.807, 2.05) is 60.7 Å². The fourth-order valence-corrected chi connectivity index (χ4v) is 7.64. The van der Waals surface area contributed by atoms with Gasteiger partial charge in [-0.15, -0.1) is 0 Å². The topological polar surface area (TPSA) is 119 Å². The third kappa shape index (κ3) is 8.64. The number of fused-ring (bicyclic) bond motifs is 1. The quantitative estimate of drug-likeness (QED) is 0.193. The summed E-state index contributed by atoms with van der Waals surface area (Å²) in [5.41, 5.74) is 1.76. The van der Waals surface area contributed by atoms with Crippen LogP contribution < -0.4 is 4.74 Å². The van der Waals surface area contributed by atoms with E-state index in [0.29, 0.717) is 55.7 Å². The maximum absolute atomic E-state index is 14.6. The van der Waals surface area contributed by atoms with Crippen molar-refractivity contribution < 1.29 is 32.2 Å². The molecule has 1 aliphatic rings. The van der Waals surface area contributed by atoms with Crippen molar-refractivity contribution in [2.75, 3.05) is 53.0 Å². The Morgan fingerprint density at radius 2 is 1.66 bits per heavy atom. The molecule has 1 aliphatic heterocycles. The fraction of sp³-hybridized carbons (Fsp3) is 0.343. The molecule has 0 aliphatic carbocycles. The first-order valence-electron chi connectivity index (χ1n) is 15.5. The number of para-hydroxylation sites is 1. The first-order valence-corrected chi connectivity index (χ1v) is 17.0. The van der Waals surface area contributed by atoms with Crippen LogP contribution in [0.25, 0.3) is 10.8 Å². The molecule has 1 atom stereocenters. The molecule has 1 saturated heterocycles. The summed E-state index contributed by atoms with van der Waals surface area (Å²) in [5.74, 6) is 0.159. The predicted octanol–water partition coefficient (Wildman–Crippen LogP) is 4.36. The number of methoxy groups -OCH3 is 1. The maximum Gasteiger partial charge on any atom is 0.410 e. The lowest BCUT2D eigenvalue weighted by Gasteiger charge is -2.39. The number of carbonyl (C=O) groups excluding carboxylic acids is 2. The first-order chi connectivity index (χ1) is 22.8. The molecule has 12 heteroatoms. The Balaban J connectivity index is 1.40. The number of benzene rings is 3. The SMILES string of the molecule is COc1ccccc1CC(CN1CCN(C(=O)OCc2ccccc2)CC1)N(CCOC(C)=O)S(=O)(=O)c1cccc2cnccc12. The van der Waals surface area contributed by atoms with Gasteiger partial charge in [0, 0.05) is 75.4 Å². The number of amides is 1. The number of nitrogens with zero attached hydrogens (tertiary/aromatic N) is 4. The molecule has 0 bridgehead atoms. The molecular formula is C35H40N4O7S. The average Bonchev–Trinajstić information content (AvgIpc) is 3.09. The minimum atomic E-state index is -4.11. The van der Waals surface area contributed by atoms with Crippen molar-refractivity contribution in [3.8, 4) is 5.75 Å². The zero-order chi connectivity index (χ0) is 33.2. The molecule has 0 saturated carbocycles. The summed E-state index contributed by atoms with van der Waals surface area (Å²) in [5, 5.41) is 1.25. The van der Waals surface area contributed by atoms with Crippen LogP contribution in [0.1, 0.15) is 18.1 Å². The second-order valence-corrected chi connectivity index (χ2v) is 13.2. The summed E-state index contributed by atoms with van der Waals surface area (Å²) in [6.45, 7) is 3.64. The molecule has 1 fully saturated rings. The number of hydrogen-bond donors (Lipinski definition) is 0. The number of aromatic nitrogens is 1. The molecule has 2 heterocycles.